The van der Waals surface area contributed by atoms with Gasteiger partial charge in [-0.15, -0.1) is 0 Å². The molecule has 5 N–H and O–H groups in total. The van der Waals surface area contributed by atoms with Crippen molar-refractivity contribution in [3.63, 3.8) is 0 Å². The van der Waals surface area contributed by atoms with Crippen molar-refractivity contribution >= 4 is 22.6 Å². The number of aromatic nitrogens is 4. The Labute approximate surface area is 248 Å². The van der Waals surface area contributed by atoms with E-state index >= 15 is 0 Å². The summed E-state index contributed by atoms with van der Waals surface area (Å²) in [5.41, 5.74) is 1.89. The maximum Gasteiger partial charge on any atom is 0.329 e. The number of H-pyrrole nitrogens is 2. The Morgan fingerprint density at radius 3 is 2.49 bits per heavy atom. The molecule has 3 aromatic carbocycles. The van der Waals surface area contributed by atoms with Crippen LogP contribution >= 0.6 is 22.6 Å². The molecule has 3 atom stereocenters. The second-order valence-corrected chi connectivity index (χ2v) is 10.9. The Hall–Kier alpha value is -3.94. The first-order chi connectivity index (χ1) is 19.8. The van der Waals surface area contributed by atoms with Crippen LogP contribution in [-0.4, -0.2) is 54.2 Å². The van der Waals surface area contributed by atoms with Gasteiger partial charge in [0.25, 0.3) is 0 Å². The molecule has 11 heteroatoms. The van der Waals surface area contributed by atoms with Crippen molar-refractivity contribution in [1.29, 1.82) is 0 Å². The fraction of sp³-hybridized carbons (Fsp3) is 0.200. The van der Waals surface area contributed by atoms with Crippen molar-refractivity contribution in [2.75, 3.05) is 13.2 Å². The van der Waals surface area contributed by atoms with Crippen LogP contribution < -0.4 is 10.4 Å². The van der Waals surface area contributed by atoms with E-state index in [2.05, 4.69) is 15.0 Å². The predicted octanol–water partition coefficient (Wildman–Crippen LogP) is 4.81. The van der Waals surface area contributed by atoms with Crippen LogP contribution in [0, 0.1) is 9.39 Å². The number of halogens is 2. The molecule has 41 heavy (non-hydrogen) atoms. The Balaban J connectivity index is 1.55. The first kappa shape index (κ1) is 28.6. The maximum absolute atomic E-state index is 14.8. The van der Waals surface area contributed by atoms with Crippen molar-refractivity contribution in [1.82, 2.24) is 19.5 Å². The molecular weight excluding hydrogens is 642 g/mol. The number of aromatic hydroxyl groups is 1. The third-order valence-electron chi connectivity index (χ3n) is 6.87. The minimum Gasteiger partial charge on any atom is -0.493 e. The summed E-state index contributed by atoms with van der Waals surface area (Å²) in [7, 11) is 0. The molecule has 0 saturated carbocycles. The van der Waals surface area contributed by atoms with E-state index < -0.39 is 30.3 Å². The molecule has 5 aromatic rings. The van der Waals surface area contributed by atoms with E-state index in [-0.39, 0.29) is 24.1 Å². The predicted molar refractivity (Wildman–Crippen MR) is 160 cm³/mol. The summed E-state index contributed by atoms with van der Waals surface area (Å²) in [6.45, 7) is 1.43. The summed E-state index contributed by atoms with van der Waals surface area (Å²) in [4.78, 5) is 23.9. The molecule has 0 fully saturated rings. The van der Waals surface area contributed by atoms with Gasteiger partial charge in [-0.1, -0.05) is 37.3 Å². The van der Waals surface area contributed by atoms with Crippen LogP contribution in [0.4, 0.5) is 4.39 Å². The molecule has 0 unspecified atom stereocenters. The van der Waals surface area contributed by atoms with Crippen molar-refractivity contribution < 1.29 is 24.4 Å². The van der Waals surface area contributed by atoms with Gasteiger partial charge in [0.2, 0.25) is 5.88 Å². The van der Waals surface area contributed by atoms with Gasteiger partial charge in [0.05, 0.1) is 18.5 Å². The number of hydrogen-bond acceptors (Lipinski definition) is 6. The molecule has 0 radical (unpaired) electrons. The van der Waals surface area contributed by atoms with Gasteiger partial charge in [-0.2, -0.15) is 0 Å². The van der Waals surface area contributed by atoms with Gasteiger partial charge in [-0.25, -0.2) is 14.2 Å². The Bertz CT molecular complexity index is 1680. The van der Waals surface area contributed by atoms with Crippen LogP contribution in [0.2, 0.25) is 0 Å². The molecule has 212 valence electrons. The lowest BCUT2D eigenvalue weighted by atomic mass is 9.92. The molecule has 9 nitrogen and oxygen atoms in total. The summed E-state index contributed by atoms with van der Waals surface area (Å²) in [5.74, 6) is -0.183. The monoisotopic (exact) mass is 670 g/mol. The van der Waals surface area contributed by atoms with Crippen LogP contribution in [-0.2, 0) is 0 Å². The average molecular weight is 670 g/mol. The minimum absolute atomic E-state index is 0.0788. The van der Waals surface area contributed by atoms with Crippen molar-refractivity contribution in [2.45, 2.75) is 25.0 Å². The number of nitrogens with one attached hydrogen (secondary N) is 2. The second kappa shape index (κ2) is 12.3. The SMILES string of the molecule is C[C@@H](c1ccccc1)[C@@H](c1ncc(-c2ccc(I)cc2F)[nH]1)n1c(O)c(-c2ccc(OC[C@H](O)CO)cc2)[nH]c1=O. The van der Waals surface area contributed by atoms with Gasteiger partial charge >= 0.3 is 5.69 Å². The van der Waals surface area contributed by atoms with Crippen LogP contribution in [0.3, 0.4) is 0 Å². The largest absolute Gasteiger partial charge is 0.493 e. The standard InChI is InChI=1S/C30H28FIN4O5/c1-17(18-5-3-2-4-6-18)27(28-33-14-25(34-28)23-12-9-20(32)13-24(23)31)36-29(39)26(35-30(36)40)19-7-10-22(11-8-19)41-16-21(38)15-37/h2-14,17,21,27,37-39H,15-16H2,1H3,(H,33,34)(H,35,40)/t17-,21+,27-/m0/s1. The highest BCUT2D eigenvalue weighted by atomic mass is 127. The van der Waals surface area contributed by atoms with Crippen molar-refractivity contribution in [3.8, 4) is 34.1 Å². The summed E-state index contributed by atoms with van der Waals surface area (Å²) in [6.07, 6.45) is 0.518. The fourth-order valence-electron chi connectivity index (χ4n) is 4.72. The third-order valence-corrected chi connectivity index (χ3v) is 7.54. The molecule has 0 aliphatic heterocycles. The molecule has 0 aliphatic carbocycles. The topological polar surface area (TPSA) is 136 Å². The summed E-state index contributed by atoms with van der Waals surface area (Å²) in [6, 6.07) is 20.3. The Morgan fingerprint density at radius 2 is 1.80 bits per heavy atom. The maximum atomic E-state index is 14.8. The molecule has 0 spiro atoms. The summed E-state index contributed by atoms with van der Waals surface area (Å²) >= 11 is 2.04. The zero-order chi connectivity index (χ0) is 29.1. The Morgan fingerprint density at radius 1 is 1.07 bits per heavy atom. The molecular formula is C30H28FIN4O5. The van der Waals surface area contributed by atoms with Gasteiger partial charge < -0.3 is 30.0 Å². The van der Waals surface area contributed by atoms with Crippen LogP contribution in [0.15, 0.2) is 83.8 Å². The smallest absolute Gasteiger partial charge is 0.329 e. The van der Waals surface area contributed by atoms with Crippen LogP contribution in [0.25, 0.3) is 22.5 Å². The molecule has 0 aliphatic rings. The molecule has 5 rings (SSSR count). The molecule has 0 saturated heterocycles. The fourth-order valence-corrected chi connectivity index (χ4v) is 5.17. The van der Waals surface area contributed by atoms with E-state index in [1.165, 1.54) is 16.8 Å². The highest BCUT2D eigenvalue weighted by molar-refractivity contribution is 14.1. The highest BCUT2D eigenvalue weighted by Crippen LogP contribution is 2.38. The van der Waals surface area contributed by atoms with Gasteiger partial charge in [0.15, 0.2) is 0 Å². The van der Waals surface area contributed by atoms with E-state index in [9.17, 15) is 19.4 Å². The second-order valence-electron chi connectivity index (χ2n) is 9.62. The van der Waals surface area contributed by atoms with Gasteiger partial charge in [-0.3, -0.25) is 4.57 Å². The number of ether oxygens (including phenoxy) is 1. The number of rotatable bonds is 10. The average Bonchev–Trinajstić information content (AvgIpc) is 3.57. The molecule has 0 amide bonds. The zero-order valence-electron chi connectivity index (χ0n) is 22.0. The van der Waals surface area contributed by atoms with Crippen molar-refractivity contribution in [3.05, 3.63) is 110 Å². The molecule has 2 aromatic heterocycles. The van der Waals surface area contributed by atoms with Gasteiger partial charge in [0, 0.05) is 20.6 Å². The number of aromatic amines is 2. The van der Waals surface area contributed by atoms with Crippen molar-refractivity contribution in [2.24, 2.45) is 0 Å². The quantitative estimate of drug-likeness (QED) is 0.136. The van der Waals surface area contributed by atoms with Crippen LogP contribution in [0.5, 0.6) is 11.6 Å². The summed E-state index contributed by atoms with van der Waals surface area (Å²) < 4.78 is 22.2. The molecule has 2 heterocycles. The first-order valence-corrected chi connectivity index (χ1v) is 14.0. The Kier molecular flexibility index (Phi) is 8.57. The lowest BCUT2D eigenvalue weighted by Crippen LogP contribution is -2.27. The number of imidazole rings is 2. The number of benzene rings is 3. The van der Waals surface area contributed by atoms with Crippen LogP contribution in [0.1, 0.15) is 30.3 Å². The zero-order valence-corrected chi connectivity index (χ0v) is 24.1. The number of hydrogen-bond donors (Lipinski definition) is 5. The lowest BCUT2D eigenvalue weighted by molar-refractivity contribution is 0.0536. The van der Waals surface area contributed by atoms with E-state index in [4.69, 9.17) is 9.84 Å². The number of aliphatic hydroxyl groups excluding tert-OH is 2. The van der Waals surface area contributed by atoms with Gasteiger partial charge in [-0.05, 0) is 70.6 Å². The number of aliphatic hydroxyl groups is 2. The normalized spacial score (nSPS) is 13.6. The highest BCUT2D eigenvalue weighted by Gasteiger charge is 2.31. The van der Waals surface area contributed by atoms with Gasteiger partial charge in [0.1, 0.15) is 41.8 Å². The minimum atomic E-state index is -1.00. The third kappa shape index (κ3) is 6.06. The van der Waals surface area contributed by atoms with E-state index in [0.717, 1.165) is 9.13 Å². The van der Waals surface area contributed by atoms with E-state index in [0.29, 0.717) is 28.4 Å². The molecule has 0 bridgehead atoms. The summed E-state index contributed by atoms with van der Waals surface area (Å²) in [5, 5.41) is 29.9. The van der Waals surface area contributed by atoms with E-state index in [1.54, 1.807) is 36.4 Å². The van der Waals surface area contributed by atoms with E-state index in [1.807, 2.05) is 59.8 Å². The first-order valence-electron chi connectivity index (χ1n) is 12.9. The lowest BCUT2D eigenvalue weighted by Gasteiger charge is -2.24. The number of nitrogens with zero attached hydrogens (tertiary/aromatic N) is 2.